The van der Waals surface area contributed by atoms with Gasteiger partial charge in [-0.15, -0.1) is 21.5 Å². The number of thiazole rings is 1. The molecule has 0 aliphatic carbocycles. The number of rotatable bonds is 9. The van der Waals surface area contributed by atoms with Crippen molar-refractivity contribution in [1.29, 1.82) is 0 Å². The number of amides is 2. The lowest BCUT2D eigenvalue weighted by Gasteiger charge is -2.25. The van der Waals surface area contributed by atoms with E-state index in [4.69, 9.17) is 4.42 Å². The van der Waals surface area contributed by atoms with E-state index in [9.17, 15) is 23.1 Å². The average molecular weight is 626 g/mol. The first-order valence-corrected chi connectivity index (χ1v) is 16.2. The zero-order chi connectivity index (χ0) is 30.9. The molecule has 0 saturated carbocycles. The molecule has 1 fully saturated rings. The van der Waals surface area contributed by atoms with E-state index in [1.54, 1.807) is 11.8 Å². The number of aromatic nitrogens is 4. The molecule has 1 aliphatic rings. The van der Waals surface area contributed by atoms with Crippen LogP contribution in [0.25, 0.3) is 11.6 Å². The Morgan fingerprint density at radius 3 is 2.60 bits per heavy atom. The maximum absolute atomic E-state index is 13.9. The average Bonchev–Trinajstić information content (AvgIpc) is 3.72. The summed E-state index contributed by atoms with van der Waals surface area (Å²) >= 11 is 1.50. The standard InChI is InChI=1S/C28H31N7O6S2/c1-17-16-42-24(29-17)21-11-8-12-35(21)25(36)19-13-20(30-22(14-19)34(3)43(4,39)40)23-32-33-26(41-23)28(2,31-27(37)38)15-18-9-6-5-7-10-18/h5-7,9-10,13-14,16,21,31H,8,11-12,15H2,1-4H3,(H,37,38)/t21-,28-/m1/s1. The highest BCUT2D eigenvalue weighted by atomic mass is 32.2. The SMILES string of the molecule is Cc1csc([C@H]2CCCN2C(=O)c2cc(-c3nnc([C@@](C)(Cc4ccccc4)NC(=O)O)o3)nc(N(C)S(C)(=O)=O)c2)n1. The number of carbonyl (C=O) groups is 2. The van der Waals surface area contributed by atoms with Crippen LogP contribution in [0.5, 0.6) is 0 Å². The molecule has 2 atom stereocenters. The van der Waals surface area contributed by atoms with Gasteiger partial charge in [-0.1, -0.05) is 30.3 Å². The molecule has 2 amide bonds. The molecule has 0 radical (unpaired) electrons. The van der Waals surface area contributed by atoms with E-state index in [1.165, 1.54) is 30.5 Å². The molecule has 0 bridgehead atoms. The molecule has 226 valence electrons. The number of hydrogen-bond donors (Lipinski definition) is 2. The van der Waals surface area contributed by atoms with Crippen molar-refractivity contribution >= 4 is 39.2 Å². The number of sulfonamides is 1. The zero-order valence-electron chi connectivity index (χ0n) is 24.0. The highest BCUT2D eigenvalue weighted by molar-refractivity contribution is 7.92. The predicted molar refractivity (Wildman–Crippen MR) is 159 cm³/mol. The maximum atomic E-state index is 13.9. The Kier molecular flexibility index (Phi) is 8.21. The first kappa shape index (κ1) is 30.1. The molecular formula is C28H31N7O6S2. The zero-order valence-corrected chi connectivity index (χ0v) is 25.6. The quantitative estimate of drug-likeness (QED) is 0.277. The first-order chi connectivity index (χ1) is 20.3. The number of nitrogens with zero attached hydrogens (tertiary/aromatic N) is 6. The van der Waals surface area contributed by atoms with E-state index in [2.05, 4.69) is 25.5 Å². The number of carbonyl (C=O) groups excluding carboxylic acids is 1. The number of carboxylic acid groups (broad SMARTS) is 1. The van der Waals surface area contributed by atoms with Crippen molar-refractivity contribution in [3.05, 3.63) is 75.6 Å². The Hall–Kier alpha value is -4.37. The first-order valence-electron chi connectivity index (χ1n) is 13.4. The number of nitrogens with one attached hydrogen (secondary N) is 1. The van der Waals surface area contributed by atoms with Crippen LogP contribution >= 0.6 is 11.3 Å². The summed E-state index contributed by atoms with van der Waals surface area (Å²) in [6, 6.07) is 11.9. The van der Waals surface area contributed by atoms with Crippen LogP contribution in [0.1, 0.15) is 58.3 Å². The highest BCUT2D eigenvalue weighted by Gasteiger charge is 2.36. The molecular weight excluding hydrogens is 594 g/mol. The number of aryl methyl sites for hydroxylation is 1. The van der Waals surface area contributed by atoms with Gasteiger partial charge in [0.2, 0.25) is 15.9 Å². The fraction of sp³-hybridized carbons (Fsp3) is 0.357. The lowest BCUT2D eigenvalue weighted by molar-refractivity contribution is 0.0735. The van der Waals surface area contributed by atoms with Crippen LogP contribution in [0, 0.1) is 6.92 Å². The van der Waals surface area contributed by atoms with Gasteiger partial charge in [0.25, 0.3) is 11.8 Å². The Morgan fingerprint density at radius 1 is 1.21 bits per heavy atom. The van der Waals surface area contributed by atoms with Crippen LogP contribution in [-0.2, 0) is 22.0 Å². The maximum Gasteiger partial charge on any atom is 0.405 e. The molecule has 3 aromatic heterocycles. The largest absolute Gasteiger partial charge is 0.465 e. The van der Waals surface area contributed by atoms with Crippen molar-refractivity contribution in [2.24, 2.45) is 0 Å². The van der Waals surface area contributed by atoms with E-state index < -0.39 is 21.7 Å². The van der Waals surface area contributed by atoms with Crippen LogP contribution in [0.4, 0.5) is 10.6 Å². The summed E-state index contributed by atoms with van der Waals surface area (Å²) in [4.78, 5) is 36.4. The van der Waals surface area contributed by atoms with Crippen LogP contribution in [-0.4, -0.2) is 70.4 Å². The number of pyridine rings is 1. The van der Waals surface area contributed by atoms with E-state index in [1.807, 2.05) is 42.6 Å². The second kappa shape index (κ2) is 11.7. The smallest absolute Gasteiger partial charge is 0.405 e. The van der Waals surface area contributed by atoms with Gasteiger partial charge in [-0.05, 0) is 44.4 Å². The van der Waals surface area contributed by atoms with Gasteiger partial charge in [0.1, 0.15) is 22.1 Å². The van der Waals surface area contributed by atoms with Gasteiger partial charge in [-0.3, -0.25) is 9.10 Å². The molecule has 4 heterocycles. The van der Waals surface area contributed by atoms with Crippen molar-refractivity contribution in [2.45, 2.75) is 44.7 Å². The third-order valence-corrected chi connectivity index (χ3v) is 9.46. The summed E-state index contributed by atoms with van der Waals surface area (Å²) in [6.45, 7) is 4.04. The van der Waals surface area contributed by atoms with E-state index >= 15 is 0 Å². The molecule has 1 aromatic carbocycles. The normalized spacial score (nSPS) is 16.6. The third-order valence-electron chi connectivity index (χ3n) is 7.21. The minimum absolute atomic E-state index is 0.0142. The monoisotopic (exact) mass is 625 g/mol. The second-order valence-electron chi connectivity index (χ2n) is 10.7. The summed E-state index contributed by atoms with van der Waals surface area (Å²) in [7, 11) is -2.40. The fourth-order valence-electron chi connectivity index (χ4n) is 5.00. The van der Waals surface area contributed by atoms with Gasteiger partial charge in [-0.25, -0.2) is 23.2 Å². The van der Waals surface area contributed by atoms with Gasteiger partial charge in [0, 0.05) is 36.7 Å². The van der Waals surface area contributed by atoms with Crippen molar-refractivity contribution < 1.29 is 27.5 Å². The summed E-state index contributed by atoms with van der Waals surface area (Å²) < 4.78 is 31.8. The van der Waals surface area contributed by atoms with E-state index in [0.29, 0.717) is 6.54 Å². The molecule has 2 N–H and O–H groups in total. The summed E-state index contributed by atoms with van der Waals surface area (Å²) in [5.74, 6) is -0.458. The minimum atomic E-state index is -3.74. The number of likely N-dealkylation sites (tertiary alicyclic amines) is 1. The molecule has 5 rings (SSSR count). The van der Waals surface area contributed by atoms with Gasteiger partial charge >= 0.3 is 6.09 Å². The minimum Gasteiger partial charge on any atom is -0.465 e. The Morgan fingerprint density at radius 2 is 1.95 bits per heavy atom. The van der Waals surface area contributed by atoms with Crippen molar-refractivity contribution in [2.75, 3.05) is 24.2 Å². The van der Waals surface area contributed by atoms with E-state index in [0.717, 1.165) is 39.7 Å². The summed E-state index contributed by atoms with van der Waals surface area (Å²) in [5.41, 5.74) is 0.662. The van der Waals surface area contributed by atoms with Crippen molar-refractivity contribution in [3.63, 3.8) is 0 Å². The molecule has 1 aliphatic heterocycles. The van der Waals surface area contributed by atoms with E-state index in [-0.39, 0.29) is 47.2 Å². The third kappa shape index (κ3) is 6.51. The predicted octanol–water partition coefficient (Wildman–Crippen LogP) is 4.00. The fourth-order valence-corrected chi connectivity index (χ4v) is 6.38. The molecule has 4 aromatic rings. The summed E-state index contributed by atoms with van der Waals surface area (Å²) in [5, 5.41) is 23.1. The molecule has 43 heavy (non-hydrogen) atoms. The van der Waals surface area contributed by atoms with Crippen LogP contribution in [0.15, 0.2) is 52.3 Å². The molecule has 0 unspecified atom stereocenters. The topological polar surface area (TPSA) is 172 Å². The molecule has 13 nitrogen and oxygen atoms in total. The number of anilines is 1. The van der Waals surface area contributed by atoms with Crippen LogP contribution < -0.4 is 9.62 Å². The van der Waals surface area contributed by atoms with Crippen LogP contribution in [0.3, 0.4) is 0 Å². The second-order valence-corrected chi connectivity index (χ2v) is 13.6. The van der Waals surface area contributed by atoms with Gasteiger partial charge < -0.3 is 19.7 Å². The molecule has 1 saturated heterocycles. The highest BCUT2D eigenvalue weighted by Crippen LogP contribution is 2.36. The Labute approximate surface area is 252 Å². The van der Waals surface area contributed by atoms with Gasteiger partial charge in [0.15, 0.2) is 0 Å². The Balaban J connectivity index is 1.55. The summed E-state index contributed by atoms with van der Waals surface area (Å²) in [6.07, 6.45) is 1.52. The molecule has 15 heteroatoms. The Bertz CT molecular complexity index is 1760. The van der Waals surface area contributed by atoms with Gasteiger partial charge in [0.05, 0.1) is 12.3 Å². The van der Waals surface area contributed by atoms with Crippen molar-refractivity contribution in [3.8, 4) is 11.6 Å². The van der Waals surface area contributed by atoms with Crippen LogP contribution in [0.2, 0.25) is 0 Å². The lowest BCUT2D eigenvalue weighted by atomic mass is 9.93. The lowest BCUT2D eigenvalue weighted by Crippen LogP contribution is -2.44. The number of benzene rings is 1. The molecule has 0 spiro atoms. The number of hydrogen-bond acceptors (Lipinski definition) is 10. The van der Waals surface area contributed by atoms with Crippen molar-refractivity contribution in [1.82, 2.24) is 30.4 Å². The van der Waals surface area contributed by atoms with Gasteiger partial charge in [-0.2, -0.15) is 0 Å².